The number of nitrogens with one attached hydrogen (secondary N) is 1. The Balaban J connectivity index is 2.03. The highest BCUT2D eigenvalue weighted by Gasteiger charge is 2.25. The van der Waals surface area contributed by atoms with Gasteiger partial charge in [-0.25, -0.2) is 0 Å². The van der Waals surface area contributed by atoms with Crippen molar-refractivity contribution in [1.29, 1.82) is 0 Å². The summed E-state index contributed by atoms with van der Waals surface area (Å²) >= 11 is 0. The van der Waals surface area contributed by atoms with E-state index < -0.39 is 0 Å². The molecule has 1 N–H and O–H groups in total. The van der Waals surface area contributed by atoms with Gasteiger partial charge in [-0.05, 0) is 12.8 Å². The molecule has 0 radical (unpaired) electrons. The Morgan fingerprint density at radius 1 is 1.33 bits per heavy atom. The Morgan fingerprint density at radius 2 is 2.22 bits per heavy atom. The van der Waals surface area contributed by atoms with E-state index in [1.807, 2.05) is 6.34 Å². The standard InChI is InChI=1S/C7H12N2/c1-2-4-7-6(3-1)8-5-9-7/h5-7H,1-4H2,(H,8,9)/t6-,7+. The first kappa shape index (κ1) is 5.27. The molecule has 2 rings (SSSR count). The molecule has 2 atom stereocenters. The van der Waals surface area contributed by atoms with Crippen LogP contribution >= 0.6 is 0 Å². The molecular weight excluding hydrogens is 112 g/mol. The Kier molecular flexibility index (Phi) is 1.18. The van der Waals surface area contributed by atoms with Gasteiger partial charge in [0.15, 0.2) is 0 Å². The monoisotopic (exact) mass is 124 g/mol. The van der Waals surface area contributed by atoms with E-state index in [0.717, 1.165) is 0 Å². The van der Waals surface area contributed by atoms with Gasteiger partial charge >= 0.3 is 0 Å². The summed E-state index contributed by atoms with van der Waals surface area (Å²) in [5, 5.41) is 3.27. The molecule has 1 heterocycles. The Labute approximate surface area is 55.4 Å². The molecule has 2 heteroatoms. The summed E-state index contributed by atoms with van der Waals surface area (Å²) in [6.45, 7) is 0. The maximum Gasteiger partial charge on any atom is 0.0831 e. The molecule has 50 valence electrons. The summed E-state index contributed by atoms with van der Waals surface area (Å²) in [5.41, 5.74) is 0. The fourth-order valence-electron chi connectivity index (χ4n) is 1.72. The molecule has 0 aromatic heterocycles. The van der Waals surface area contributed by atoms with Crippen molar-refractivity contribution in [2.75, 3.05) is 0 Å². The van der Waals surface area contributed by atoms with Crippen LogP contribution in [0.25, 0.3) is 0 Å². The zero-order chi connectivity index (χ0) is 6.10. The lowest BCUT2D eigenvalue weighted by Gasteiger charge is -2.22. The van der Waals surface area contributed by atoms with Crippen LogP contribution in [0, 0.1) is 0 Å². The van der Waals surface area contributed by atoms with Crippen molar-refractivity contribution in [3.05, 3.63) is 0 Å². The van der Waals surface area contributed by atoms with Crippen LogP contribution in [-0.2, 0) is 0 Å². The molecule has 0 amide bonds. The lowest BCUT2D eigenvalue weighted by atomic mass is 9.92. The van der Waals surface area contributed by atoms with Crippen molar-refractivity contribution in [1.82, 2.24) is 5.32 Å². The smallest absolute Gasteiger partial charge is 0.0831 e. The van der Waals surface area contributed by atoms with E-state index >= 15 is 0 Å². The van der Waals surface area contributed by atoms with Crippen molar-refractivity contribution in [2.45, 2.75) is 37.8 Å². The van der Waals surface area contributed by atoms with Gasteiger partial charge in [-0.2, -0.15) is 0 Å². The number of rotatable bonds is 0. The first-order valence-electron chi connectivity index (χ1n) is 3.74. The second-order valence-corrected chi connectivity index (χ2v) is 2.90. The van der Waals surface area contributed by atoms with E-state index in [2.05, 4.69) is 10.3 Å². The van der Waals surface area contributed by atoms with Crippen LogP contribution in [0.5, 0.6) is 0 Å². The summed E-state index contributed by atoms with van der Waals surface area (Å²) in [7, 11) is 0. The summed E-state index contributed by atoms with van der Waals surface area (Å²) in [4.78, 5) is 4.32. The molecule has 0 bridgehead atoms. The van der Waals surface area contributed by atoms with Gasteiger partial charge in [-0.15, -0.1) is 0 Å². The van der Waals surface area contributed by atoms with Gasteiger partial charge in [0.05, 0.1) is 12.4 Å². The highest BCUT2D eigenvalue weighted by Crippen LogP contribution is 2.22. The zero-order valence-corrected chi connectivity index (χ0v) is 5.51. The molecule has 9 heavy (non-hydrogen) atoms. The van der Waals surface area contributed by atoms with E-state index in [9.17, 15) is 0 Å². The lowest BCUT2D eigenvalue weighted by molar-refractivity contribution is 0.385. The van der Waals surface area contributed by atoms with Crippen molar-refractivity contribution >= 4 is 6.34 Å². The fourth-order valence-corrected chi connectivity index (χ4v) is 1.72. The first-order chi connectivity index (χ1) is 4.47. The van der Waals surface area contributed by atoms with Gasteiger partial charge in [-0.1, -0.05) is 12.8 Å². The van der Waals surface area contributed by atoms with Crippen LogP contribution in [0.3, 0.4) is 0 Å². The lowest BCUT2D eigenvalue weighted by Crippen LogP contribution is -2.34. The number of nitrogens with zero attached hydrogens (tertiary/aromatic N) is 1. The molecule has 1 fully saturated rings. The van der Waals surface area contributed by atoms with Crippen LogP contribution in [0.4, 0.5) is 0 Å². The SMILES string of the molecule is C1=N[C@@H]2CCCC[C@@H]2N1. The van der Waals surface area contributed by atoms with Crippen LogP contribution in [-0.4, -0.2) is 18.4 Å². The number of hydrogen-bond acceptors (Lipinski definition) is 2. The molecule has 0 spiro atoms. The highest BCUT2D eigenvalue weighted by atomic mass is 15.1. The van der Waals surface area contributed by atoms with Crippen LogP contribution in [0.15, 0.2) is 4.99 Å². The quantitative estimate of drug-likeness (QED) is 0.510. The molecule has 1 saturated carbocycles. The van der Waals surface area contributed by atoms with Crippen LogP contribution in [0.1, 0.15) is 25.7 Å². The molecule has 0 saturated heterocycles. The minimum atomic E-state index is 0.624. The third-order valence-electron chi connectivity index (χ3n) is 2.28. The number of hydrogen-bond donors (Lipinski definition) is 1. The third-order valence-corrected chi connectivity index (χ3v) is 2.28. The van der Waals surface area contributed by atoms with E-state index in [1.54, 1.807) is 0 Å². The minimum absolute atomic E-state index is 0.624. The molecule has 0 aromatic rings. The molecule has 2 aliphatic rings. The maximum absolute atomic E-state index is 4.32. The molecule has 1 aliphatic heterocycles. The van der Waals surface area contributed by atoms with Gasteiger partial charge in [0.1, 0.15) is 0 Å². The molecular formula is C7H12N2. The van der Waals surface area contributed by atoms with Gasteiger partial charge in [-0.3, -0.25) is 4.99 Å². The van der Waals surface area contributed by atoms with Gasteiger partial charge < -0.3 is 5.32 Å². The van der Waals surface area contributed by atoms with Gasteiger partial charge in [0.25, 0.3) is 0 Å². The third kappa shape index (κ3) is 0.824. The molecule has 0 unspecified atom stereocenters. The Bertz CT molecular complexity index is 131. The predicted octanol–water partition coefficient (Wildman–Crippen LogP) is 0.929. The maximum atomic E-state index is 4.32. The number of fused-ring (bicyclic) bond motifs is 1. The summed E-state index contributed by atoms with van der Waals surface area (Å²) < 4.78 is 0. The van der Waals surface area contributed by atoms with Crippen molar-refractivity contribution in [2.24, 2.45) is 4.99 Å². The van der Waals surface area contributed by atoms with E-state index in [1.165, 1.54) is 25.7 Å². The summed E-state index contributed by atoms with van der Waals surface area (Å²) in [5.74, 6) is 0. The average Bonchev–Trinajstić information content (AvgIpc) is 2.33. The van der Waals surface area contributed by atoms with Crippen molar-refractivity contribution in [3.63, 3.8) is 0 Å². The van der Waals surface area contributed by atoms with Crippen LogP contribution < -0.4 is 5.32 Å². The topological polar surface area (TPSA) is 24.4 Å². The van der Waals surface area contributed by atoms with E-state index in [4.69, 9.17) is 0 Å². The second-order valence-electron chi connectivity index (χ2n) is 2.90. The summed E-state index contributed by atoms with van der Waals surface area (Å²) in [6, 6.07) is 1.32. The zero-order valence-electron chi connectivity index (χ0n) is 5.51. The normalized spacial score (nSPS) is 40.0. The minimum Gasteiger partial charge on any atom is -0.372 e. The largest absolute Gasteiger partial charge is 0.372 e. The van der Waals surface area contributed by atoms with Crippen LogP contribution in [0.2, 0.25) is 0 Å². The van der Waals surface area contributed by atoms with Gasteiger partial charge in [0.2, 0.25) is 0 Å². The first-order valence-corrected chi connectivity index (χ1v) is 3.74. The van der Waals surface area contributed by atoms with Gasteiger partial charge in [0, 0.05) is 6.04 Å². The van der Waals surface area contributed by atoms with E-state index in [0.29, 0.717) is 12.1 Å². The summed E-state index contributed by atoms with van der Waals surface area (Å²) in [6.07, 6.45) is 7.26. The van der Waals surface area contributed by atoms with E-state index in [-0.39, 0.29) is 0 Å². The second kappa shape index (κ2) is 2.01. The molecule has 2 nitrogen and oxygen atoms in total. The van der Waals surface area contributed by atoms with Crippen molar-refractivity contribution < 1.29 is 0 Å². The average molecular weight is 124 g/mol. The fraction of sp³-hybridized carbons (Fsp3) is 0.857. The highest BCUT2D eigenvalue weighted by molar-refractivity contribution is 5.58. The molecule has 0 aromatic carbocycles. The number of aliphatic imine (C=N–C) groups is 1. The van der Waals surface area contributed by atoms with Crippen molar-refractivity contribution in [3.8, 4) is 0 Å². The Morgan fingerprint density at radius 3 is 3.11 bits per heavy atom. The molecule has 1 aliphatic carbocycles. The Hall–Kier alpha value is -0.530. The predicted molar refractivity (Wildman–Crippen MR) is 37.7 cm³/mol.